The molecule has 0 saturated carbocycles. The normalized spacial score (nSPS) is 21.4. The molecule has 3 aromatic rings. The summed E-state index contributed by atoms with van der Waals surface area (Å²) in [5.74, 6) is -0.0359. The van der Waals surface area contributed by atoms with E-state index in [4.69, 9.17) is 4.42 Å². The van der Waals surface area contributed by atoms with Crippen LogP contribution < -0.4 is 15.6 Å². The number of hydrogen-bond donors (Lipinski definition) is 1. The summed E-state index contributed by atoms with van der Waals surface area (Å²) in [6.45, 7) is 3.92. The van der Waals surface area contributed by atoms with Gasteiger partial charge in [0.15, 0.2) is 0 Å². The van der Waals surface area contributed by atoms with Crippen molar-refractivity contribution < 1.29 is 14.4 Å². The van der Waals surface area contributed by atoms with Gasteiger partial charge in [-0.1, -0.05) is 36.1 Å². The van der Waals surface area contributed by atoms with Gasteiger partial charge < -0.3 is 14.4 Å². The lowest BCUT2D eigenvalue weighted by molar-refractivity contribution is -0.941. The van der Waals surface area contributed by atoms with E-state index in [0.717, 1.165) is 17.3 Å². The number of nitrogens with one attached hydrogen (secondary N) is 1. The molecular formula is C20H21NO3. The molecule has 2 unspecified atom stereocenters. The molecule has 4 nitrogen and oxygen atoms in total. The quantitative estimate of drug-likeness (QED) is 0.579. The van der Waals surface area contributed by atoms with Crippen molar-refractivity contribution in [2.75, 3.05) is 6.54 Å². The Morgan fingerprint density at radius 2 is 1.92 bits per heavy atom. The van der Waals surface area contributed by atoms with Crippen LogP contribution in [0.15, 0.2) is 45.6 Å². The number of rotatable bonds is 2. The Hall–Kier alpha value is -2.33. The number of quaternary nitrogens is 1. The molecule has 1 aliphatic rings. The molecule has 24 heavy (non-hydrogen) atoms. The lowest BCUT2D eigenvalue weighted by Gasteiger charge is -2.31. The van der Waals surface area contributed by atoms with Crippen molar-refractivity contribution in [3.8, 4) is 5.75 Å². The van der Waals surface area contributed by atoms with Gasteiger partial charge in [-0.15, -0.1) is 0 Å². The topological polar surface area (TPSA) is 57.7 Å². The Morgan fingerprint density at radius 1 is 1.12 bits per heavy atom. The fourth-order valence-electron chi connectivity index (χ4n) is 3.89. The van der Waals surface area contributed by atoms with E-state index in [9.17, 15) is 9.90 Å². The summed E-state index contributed by atoms with van der Waals surface area (Å²) < 4.78 is 5.59. The number of benzene rings is 2. The zero-order valence-corrected chi connectivity index (χ0v) is 13.8. The third-order valence-electron chi connectivity index (χ3n) is 5.34. The standard InChI is InChI=1S/C20H21NO3/c1-13-6-4-5-11-21(13)12-17-18(22)10-9-15-14-7-2-3-8-16(14)20(23)24-19(15)17/h2-3,7-10,13,22H,4-6,11-12H2,1H3. The van der Waals surface area contributed by atoms with E-state index in [1.807, 2.05) is 18.2 Å². The van der Waals surface area contributed by atoms with Gasteiger partial charge >= 0.3 is 5.63 Å². The first-order valence-corrected chi connectivity index (χ1v) is 8.64. The van der Waals surface area contributed by atoms with Crippen LogP contribution in [0.4, 0.5) is 0 Å². The molecular weight excluding hydrogens is 302 g/mol. The van der Waals surface area contributed by atoms with Crippen molar-refractivity contribution in [2.24, 2.45) is 0 Å². The number of fused-ring (bicyclic) bond motifs is 3. The minimum Gasteiger partial charge on any atom is -0.872 e. The zero-order chi connectivity index (χ0) is 16.7. The van der Waals surface area contributed by atoms with E-state index < -0.39 is 0 Å². The van der Waals surface area contributed by atoms with Crippen molar-refractivity contribution in [3.05, 3.63) is 52.4 Å². The van der Waals surface area contributed by atoms with Crippen LogP contribution in [0.2, 0.25) is 0 Å². The molecule has 1 fully saturated rings. The van der Waals surface area contributed by atoms with E-state index in [1.54, 1.807) is 18.2 Å². The lowest BCUT2D eigenvalue weighted by atomic mass is 10.0. The summed E-state index contributed by atoms with van der Waals surface area (Å²) in [5.41, 5.74) is 0.738. The van der Waals surface area contributed by atoms with E-state index >= 15 is 0 Å². The summed E-state index contributed by atoms with van der Waals surface area (Å²) >= 11 is 0. The molecule has 0 amide bonds. The maximum atomic E-state index is 12.5. The van der Waals surface area contributed by atoms with Crippen LogP contribution in [0.3, 0.4) is 0 Å². The average molecular weight is 323 g/mol. The summed E-state index contributed by atoms with van der Waals surface area (Å²) in [5, 5.41) is 14.8. The highest BCUT2D eigenvalue weighted by Gasteiger charge is 2.24. The Morgan fingerprint density at radius 3 is 2.71 bits per heavy atom. The second kappa shape index (κ2) is 5.95. The van der Waals surface area contributed by atoms with Crippen molar-refractivity contribution in [2.45, 2.75) is 38.8 Å². The molecule has 4 rings (SSSR count). The maximum Gasteiger partial charge on any atom is 0.344 e. The number of piperidine rings is 1. The maximum absolute atomic E-state index is 12.5. The van der Waals surface area contributed by atoms with Crippen molar-refractivity contribution in [3.63, 3.8) is 0 Å². The fraction of sp³-hybridized carbons (Fsp3) is 0.350. The molecule has 4 heteroatoms. The molecule has 0 radical (unpaired) electrons. The Bertz CT molecular complexity index is 960. The third kappa shape index (κ3) is 2.47. The van der Waals surface area contributed by atoms with Gasteiger partial charge in [-0.05, 0) is 37.6 Å². The van der Waals surface area contributed by atoms with Gasteiger partial charge in [0.1, 0.15) is 12.1 Å². The van der Waals surface area contributed by atoms with Crippen molar-refractivity contribution in [1.29, 1.82) is 0 Å². The van der Waals surface area contributed by atoms with Crippen LogP contribution in [0.25, 0.3) is 21.7 Å². The van der Waals surface area contributed by atoms with Crippen LogP contribution in [0.1, 0.15) is 31.7 Å². The Balaban J connectivity index is 1.91. The first-order valence-electron chi connectivity index (χ1n) is 8.64. The predicted octanol–water partition coefficient (Wildman–Crippen LogP) is 1.98. The number of hydrogen-bond acceptors (Lipinski definition) is 3. The van der Waals surface area contributed by atoms with Gasteiger partial charge in [-0.3, -0.25) is 0 Å². The summed E-state index contributed by atoms with van der Waals surface area (Å²) in [7, 11) is 0. The second-order valence-electron chi connectivity index (χ2n) is 6.84. The largest absolute Gasteiger partial charge is 0.872 e. The molecule has 124 valence electrons. The van der Waals surface area contributed by atoms with Gasteiger partial charge in [0, 0.05) is 10.9 Å². The highest BCUT2D eigenvalue weighted by molar-refractivity contribution is 6.05. The highest BCUT2D eigenvalue weighted by Crippen LogP contribution is 2.29. The molecule has 2 heterocycles. The van der Waals surface area contributed by atoms with Gasteiger partial charge in [0.05, 0.1) is 18.0 Å². The molecule has 0 bridgehead atoms. The van der Waals surface area contributed by atoms with E-state index in [2.05, 4.69) is 6.92 Å². The zero-order valence-electron chi connectivity index (χ0n) is 13.8. The smallest absolute Gasteiger partial charge is 0.344 e. The van der Waals surface area contributed by atoms with Crippen molar-refractivity contribution >= 4 is 21.7 Å². The van der Waals surface area contributed by atoms with Crippen molar-refractivity contribution in [1.82, 2.24) is 0 Å². The monoisotopic (exact) mass is 323 g/mol. The van der Waals surface area contributed by atoms with Gasteiger partial charge in [-0.2, -0.15) is 0 Å². The van der Waals surface area contributed by atoms with Gasteiger partial charge in [-0.25, -0.2) is 4.79 Å². The second-order valence-corrected chi connectivity index (χ2v) is 6.84. The molecule has 1 N–H and O–H groups in total. The summed E-state index contributed by atoms with van der Waals surface area (Å²) in [6, 6.07) is 11.3. The van der Waals surface area contributed by atoms with Gasteiger partial charge in [0.25, 0.3) is 0 Å². The predicted molar refractivity (Wildman–Crippen MR) is 92.3 cm³/mol. The SMILES string of the molecule is CC1CCCC[NH+]1Cc1c([O-])ccc2c1oc(=O)c1ccccc12. The van der Waals surface area contributed by atoms with E-state index in [0.29, 0.717) is 29.1 Å². The average Bonchev–Trinajstić information content (AvgIpc) is 2.59. The molecule has 0 spiro atoms. The molecule has 2 atom stereocenters. The van der Waals surface area contributed by atoms with E-state index in [1.165, 1.54) is 24.2 Å². The van der Waals surface area contributed by atoms with E-state index in [-0.39, 0.29) is 11.4 Å². The van der Waals surface area contributed by atoms with Crippen LogP contribution in [-0.4, -0.2) is 12.6 Å². The first kappa shape index (κ1) is 15.2. The number of likely N-dealkylation sites (tertiary alicyclic amines) is 1. The van der Waals surface area contributed by atoms with Crippen LogP contribution >= 0.6 is 0 Å². The lowest BCUT2D eigenvalue weighted by Crippen LogP contribution is -3.14. The molecule has 1 aromatic heterocycles. The highest BCUT2D eigenvalue weighted by atomic mass is 16.4. The molecule has 1 saturated heterocycles. The Labute approximate surface area is 140 Å². The van der Waals surface area contributed by atoms with Crippen LogP contribution in [-0.2, 0) is 6.54 Å². The molecule has 0 aliphatic carbocycles. The summed E-state index contributed by atoms with van der Waals surface area (Å²) in [4.78, 5) is 13.7. The minimum absolute atomic E-state index is 0.0359. The fourth-order valence-corrected chi connectivity index (χ4v) is 3.89. The Kier molecular flexibility index (Phi) is 3.77. The minimum atomic E-state index is -0.369. The van der Waals surface area contributed by atoms with Crippen LogP contribution in [0, 0.1) is 0 Å². The summed E-state index contributed by atoms with van der Waals surface area (Å²) in [6.07, 6.45) is 3.62. The molecule has 2 aromatic carbocycles. The van der Waals surface area contributed by atoms with Gasteiger partial charge in [0.2, 0.25) is 0 Å². The first-order chi connectivity index (χ1) is 11.6. The third-order valence-corrected chi connectivity index (χ3v) is 5.34. The molecule has 1 aliphatic heterocycles. The van der Waals surface area contributed by atoms with Crippen LogP contribution in [0.5, 0.6) is 5.75 Å².